The number of methoxy groups -OCH3 is 1. The molecule has 0 aliphatic rings. The molecule has 4 nitrogen and oxygen atoms in total. The molecule has 0 saturated heterocycles. The van der Waals surface area contributed by atoms with Crippen LogP contribution in [0.5, 0.6) is 0 Å². The summed E-state index contributed by atoms with van der Waals surface area (Å²) in [6, 6.07) is 0. The topological polar surface area (TPSA) is 58.6 Å². The monoisotopic (exact) mass is 343 g/mol. The van der Waals surface area contributed by atoms with Gasteiger partial charge < -0.3 is 15.2 Å². The van der Waals surface area contributed by atoms with Gasteiger partial charge in [0.05, 0.1) is 13.2 Å². The van der Waals surface area contributed by atoms with E-state index < -0.39 is 0 Å². The van der Waals surface area contributed by atoms with Crippen LogP contribution in [0.3, 0.4) is 0 Å². The quantitative estimate of drug-likeness (QED) is 0.282. The van der Waals surface area contributed by atoms with Crippen LogP contribution in [-0.4, -0.2) is 37.4 Å². The van der Waals surface area contributed by atoms with Gasteiger partial charge in [0, 0.05) is 13.0 Å². The van der Waals surface area contributed by atoms with Crippen molar-refractivity contribution in [3.8, 4) is 0 Å². The predicted octanol–water partition coefficient (Wildman–Crippen LogP) is 4.59. The van der Waals surface area contributed by atoms with E-state index in [-0.39, 0.29) is 12.1 Å². The minimum atomic E-state index is -0.204. The fourth-order valence-electron chi connectivity index (χ4n) is 2.86. The fraction of sp³-hybridized carbons (Fsp3) is 0.950. The van der Waals surface area contributed by atoms with E-state index in [1.807, 2.05) is 0 Å². The van der Waals surface area contributed by atoms with Gasteiger partial charge in [-0.3, -0.25) is 4.79 Å². The first-order valence-corrected chi connectivity index (χ1v) is 10.2. The predicted molar refractivity (Wildman–Crippen MR) is 101 cm³/mol. The summed E-state index contributed by atoms with van der Waals surface area (Å²) in [5.74, 6) is -0.105. The van der Waals surface area contributed by atoms with Crippen molar-refractivity contribution in [3.63, 3.8) is 0 Å². The van der Waals surface area contributed by atoms with E-state index in [9.17, 15) is 9.90 Å². The van der Waals surface area contributed by atoms with E-state index >= 15 is 0 Å². The molecule has 0 radical (unpaired) electrons. The molecule has 0 aromatic rings. The van der Waals surface area contributed by atoms with E-state index in [2.05, 4.69) is 17.0 Å². The van der Waals surface area contributed by atoms with E-state index in [1.165, 1.54) is 64.9 Å². The molecular formula is C20H41NO3. The van der Waals surface area contributed by atoms with Gasteiger partial charge in [0.2, 0.25) is 0 Å². The third-order valence-electron chi connectivity index (χ3n) is 4.48. The second-order valence-corrected chi connectivity index (χ2v) is 6.86. The molecule has 0 rings (SSSR count). The normalized spacial score (nSPS) is 12.3. The molecule has 0 heterocycles. The zero-order chi connectivity index (χ0) is 17.9. The smallest absolute Gasteiger partial charge is 0.305 e. The van der Waals surface area contributed by atoms with E-state index in [0.717, 1.165) is 38.8 Å². The number of carbonyl (C=O) groups is 1. The molecule has 0 aromatic carbocycles. The summed E-state index contributed by atoms with van der Waals surface area (Å²) >= 11 is 0. The maximum atomic E-state index is 11.0. The Labute approximate surface area is 149 Å². The summed E-state index contributed by atoms with van der Waals surface area (Å²) in [4.78, 5) is 11.0. The highest BCUT2D eigenvalue weighted by atomic mass is 16.5. The van der Waals surface area contributed by atoms with Gasteiger partial charge >= 0.3 is 5.97 Å². The average molecular weight is 344 g/mol. The molecular weight excluding hydrogens is 302 g/mol. The molecule has 4 heteroatoms. The minimum Gasteiger partial charge on any atom is -0.469 e. The fourth-order valence-corrected chi connectivity index (χ4v) is 2.86. The Balaban J connectivity index is 3.18. The number of rotatable bonds is 18. The number of hydrogen-bond donors (Lipinski definition) is 2. The van der Waals surface area contributed by atoms with Crippen LogP contribution in [0.1, 0.15) is 96.8 Å². The minimum absolute atomic E-state index is 0.105. The molecule has 0 bridgehead atoms. The molecule has 0 fully saturated rings. The lowest BCUT2D eigenvalue weighted by atomic mass is 10.1. The second kappa shape index (κ2) is 18.7. The first-order valence-electron chi connectivity index (χ1n) is 10.2. The number of carbonyl (C=O) groups excluding carboxylic acids is 1. The van der Waals surface area contributed by atoms with Gasteiger partial charge in [-0.25, -0.2) is 0 Å². The van der Waals surface area contributed by atoms with Crippen LogP contribution >= 0.6 is 0 Å². The average Bonchev–Trinajstić information content (AvgIpc) is 2.59. The highest BCUT2D eigenvalue weighted by molar-refractivity contribution is 5.68. The van der Waals surface area contributed by atoms with Gasteiger partial charge in [0.25, 0.3) is 0 Å². The van der Waals surface area contributed by atoms with Crippen molar-refractivity contribution >= 4 is 5.97 Å². The van der Waals surface area contributed by atoms with E-state index in [0.29, 0.717) is 6.42 Å². The molecule has 0 saturated carbocycles. The van der Waals surface area contributed by atoms with Gasteiger partial charge in [-0.2, -0.15) is 0 Å². The summed E-state index contributed by atoms with van der Waals surface area (Å²) in [6.45, 7) is 4.01. The first kappa shape index (κ1) is 23.4. The number of ether oxygens (including phenoxy) is 1. The van der Waals surface area contributed by atoms with Gasteiger partial charge in [0.15, 0.2) is 0 Å². The van der Waals surface area contributed by atoms with Crippen LogP contribution in [0.15, 0.2) is 0 Å². The second-order valence-electron chi connectivity index (χ2n) is 6.86. The Morgan fingerprint density at radius 3 is 2.17 bits per heavy atom. The third-order valence-corrected chi connectivity index (χ3v) is 4.48. The van der Waals surface area contributed by atoms with Crippen LogP contribution in [0.2, 0.25) is 0 Å². The highest BCUT2D eigenvalue weighted by Crippen LogP contribution is 2.10. The zero-order valence-corrected chi connectivity index (χ0v) is 16.2. The van der Waals surface area contributed by atoms with Crippen molar-refractivity contribution in [1.82, 2.24) is 5.32 Å². The van der Waals surface area contributed by atoms with Crippen LogP contribution in [0.25, 0.3) is 0 Å². The van der Waals surface area contributed by atoms with Crippen molar-refractivity contribution in [2.45, 2.75) is 103 Å². The molecule has 144 valence electrons. The Morgan fingerprint density at radius 2 is 1.50 bits per heavy atom. The summed E-state index contributed by atoms with van der Waals surface area (Å²) in [7, 11) is 1.44. The lowest BCUT2D eigenvalue weighted by Crippen LogP contribution is -2.27. The molecule has 1 unspecified atom stereocenters. The van der Waals surface area contributed by atoms with Gasteiger partial charge in [-0.1, -0.05) is 71.1 Å². The molecule has 0 aliphatic carbocycles. The van der Waals surface area contributed by atoms with Crippen LogP contribution in [-0.2, 0) is 9.53 Å². The number of nitrogens with one attached hydrogen (secondary N) is 1. The molecule has 1 atom stereocenters. The van der Waals surface area contributed by atoms with Gasteiger partial charge in [-0.05, 0) is 25.8 Å². The van der Waals surface area contributed by atoms with Crippen molar-refractivity contribution < 1.29 is 14.6 Å². The number of esters is 1. The van der Waals surface area contributed by atoms with Crippen LogP contribution in [0, 0.1) is 0 Å². The molecule has 2 N–H and O–H groups in total. The highest BCUT2D eigenvalue weighted by Gasteiger charge is 2.03. The largest absolute Gasteiger partial charge is 0.469 e. The van der Waals surface area contributed by atoms with Gasteiger partial charge in [-0.15, -0.1) is 0 Å². The van der Waals surface area contributed by atoms with Gasteiger partial charge in [0.1, 0.15) is 0 Å². The van der Waals surface area contributed by atoms with Crippen LogP contribution in [0.4, 0.5) is 0 Å². The molecule has 0 aromatic heterocycles. The van der Waals surface area contributed by atoms with Crippen molar-refractivity contribution in [2.75, 3.05) is 20.2 Å². The SMILES string of the molecule is CCCCCCCCNCC(O)CCCCCCCCC(=O)OC. The molecule has 0 spiro atoms. The summed E-state index contributed by atoms with van der Waals surface area (Å²) in [6.07, 6.45) is 15.8. The summed E-state index contributed by atoms with van der Waals surface area (Å²) in [5.41, 5.74) is 0. The van der Waals surface area contributed by atoms with E-state index in [4.69, 9.17) is 0 Å². The number of unbranched alkanes of at least 4 members (excludes halogenated alkanes) is 10. The first-order chi connectivity index (χ1) is 11.7. The maximum absolute atomic E-state index is 11.0. The van der Waals surface area contributed by atoms with Crippen molar-refractivity contribution in [3.05, 3.63) is 0 Å². The lowest BCUT2D eigenvalue weighted by molar-refractivity contribution is -0.140. The molecule has 0 amide bonds. The Kier molecular flexibility index (Phi) is 18.2. The summed E-state index contributed by atoms with van der Waals surface area (Å²) in [5, 5.41) is 13.3. The standard InChI is InChI=1S/C20H41NO3/c1-3-4-5-6-11-14-17-21-18-19(22)15-12-9-7-8-10-13-16-20(23)24-2/h19,21-22H,3-18H2,1-2H3. The Hall–Kier alpha value is -0.610. The third kappa shape index (κ3) is 17.7. The lowest BCUT2D eigenvalue weighted by Gasteiger charge is -2.11. The number of aliphatic hydroxyl groups excluding tert-OH is 1. The zero-order valence-electron chi connectivity index (χ0n) is 16.2. The Bertz CT molecular complexity index is 272. The van der Waals surface area contributed by atoms with Crippen molar-refractivity contribution in [1.29, 1.82) is 0 Å². The molecule has 0 aliphatic heterocycles. The molecule has 24 heavy (non-hydrogen) atoms. The summed E-state index contributed by atoms with van der Waals surface area (Å²) < 4.78 is 4.62. The Morgan fingerprint density at radius 1 is 0.917 bits per heavy atom. The number of hydrogen-bond acceptors (Lipinski definition) is 4. The van der Waals surface area contributed by atoms with Crippen LogP contribution < -0.4 is 5.32 Å². The number of aliphatic hydroxyl groups is 1. The van der Waals surface area contributed by atoms with E-state index in [1.54, 1.807) is 0 Å². The van der Waals surface area contributed by atoms with Crippen molar-refractivity contribution in [2.24, 2.45) is 0 Å². The maximum Gasteiger partial charge on any atom is 0.305 e.